The van der Waals surface area contributed by atoms with Crippen molar-refractivity contribution >= 4 is 11.9 Å². The molecule has 0 radical (unpaired) electrons. The Morgan fingerprint density at radius 3 is 1.35 bits per heavy atom. The Bertz CT molecular complexity index is 1750. The molecule has 0 fully saturated rings. The summed E-state index contributed by atoms with van der Waals surface area (Å²) in [5.74, 6) is -1.12. The number of carboxylic acid groups (broad SMARTS) is 2. The number of pyridine rings is 2. The number of carboxylic acids is 2. The zero-order valence-corrected chi connectivity index (χ0v) is 30.1. The Morgan fingerprint density at radius 2 is 1.02 bits per heavy atom. The molecule has 52 heavy (non-hydrogen) atoms. The standard InChI is InChI=1S/C38H46N4O10/c1-23-27(19-51-31-15-13-25(33(41-31)49-5)17-39-37(3,21-43)35(45)46)9-7-11-29(23)30-12-8-10-28(24(30)2)20-52-32-16-14-26(34(42-32)50-6)18-40-38(4,22-44)36(47)48/h7-16,39-40,43-44H,17-22H2,1-6H3,(H,45,46)(H,47,48)/t37-,38-/m0/s1. The average molecular weight is 719 g/mol. The van der Waals surface area contributed by atoms with Crippen molar-refractivity contribution in [3.05, 3.63) is 94.0 Å². The molecule has 6 N–H and O–H groups in total. The first-order valence-electron chi connectivity index (χ1n) is 16.5. The van der Waals surface area contributed by atoms with E-state index in [9.17, 15) is 30.0 Å². The van der Waals surface area contributed by atoms with Gasteiger partial charge in [0.2, 0.25) is 23.5 Å². The lowest BCUT2D eigenvalue weighted by Crippen LogP contribution is -2.52. The van der Waals surface area contributed by atoms with Gasteiger partial charge in [0.15, 0.2) is 0 Å². The number of methoxy groups -OCH3 is 2. The third-order valence-electron chi connectivity index (χ3n) is 9.06. The van der Waals surface area contributed by atoms with Gasteiger partial charge in [-0.1, -0.05) is 36.4 Å². The molecule has 14 nitrogen and oxygen atoms in total. The highest BCUT2D eigenvalue weighted by atomic mass is 16.5. The molecule has 14 heteroatoms. The summed E-state index contributed by atoms with van der Waals surface area (Å²) >= 11 is 0. The molecule has 2 aromatic heterocycles. The minimum absolute atomic E-state index is 0.112. The quantitative estimate of drug-likeness (QED) is 0.0818. The smallest absolute Gasteiger partial charge is 0.326 e. The molecular formula is C38H46N4O10. The predicted molar refractivity (Wildman–Crippen MR) is 192 cm³/mol. The number of rotatable bonds is 19. The van der Waals surface area contributed by atoms with Gasteiger partial charge in [0.25, 0.3) is 0 Å². The van der Waals surface area contributed by atoms with E-state index in [1.54, 1.807) is 24.3 Å². The van der Waals surface area contributed by atoms with Gasteiger partial charge in [0.05, 0.1) is 27.4 Å². The van der Waals surface area contributed by atoms with Crippen LogP contribution in [0.3, 0.4) is 0 Å². The molecule has 0 saturated carbocycles. The minimum Gasteiger partial charge on any atom is -0.481 e. The van der Waals surface area contributed by atoms with Gasteiger partial charge in [-0.2, -0.15) is 9.97 Å². The maximum Gasteiger partial charge on any atom is 0.326 e. The normalized spacial score (nSPS) is 13.5. The molecule has 0 amide bonds. The second kappa shape index (κ2) is 17.3. The highest BCUT2D eigenvalue weighted by Gasteiger charge is 2.33. The van der Waals surface area contributed by atoms with Gasteiger partial charge < -0.3 is 39.4 Å². The number of hydrogen-bond donors (Lipinski definition) is 6. The molecule has 2 atom stereocenters. The summed E-state index contributed by atoms with van der Waals surface area (Å²) in [5.41, 5.74) is 4.24. The van der Waals surface area contributed by atoms with Crippen molar-refractivity contribution < 1.29 is 49.0 Å². The average Bonchev–Trinajstić information content (AvgIpc) is 3.15. The summed E-state index contributed by atoms with van der Waals surface area (Å²) in [7, 11) is 2.94. The van der Waals surface area contributed by atoms with E-state index in [0.717, 1.165) is 33.4 Å². The van der Waals surface area contributed by atoms with Gasteiger partial charge in [-0.25, -0.2) is 0 Å². The molecule has 0 bridgehead atoms. The lowest BCUT2D eigenvalue weighted by molar-refractivity contribution is -0.146. The Balaban J connectivity index is 1.45. The van der Waals surface area contributed by atoms with Gasteiger partial charge in [-0.3, -0.25) is 20.2 Å². The fourth-order valence-corrected chi connectivity index (χ4v) is 5.23. The van der Waals surface area contributed by atoms with Crippen molar-refractivity contribution in [2.24, 2.45) is 0 Å². The van der Waals surface area contributed by atoms with E-state index in [-0.39, 0.29) is 38.1 Å². The molecular weight excluding hydrogens is 672 g/mol. The maximum atomic E-state index is 11.5. The number of hydrogen-bond acceptors (Lipinski definition) is 12. The molecule has 0 aliphatic rings. The number of aliphatic hydroxyl groups is 2. The van der Waals surface area contributed by atoms with Crippen LogP contribution in [-0.2, 0) is 35.9 Å². The molecule has 0 aliphatic carbocycles. The molecule has 0 aliphatic heterocycles. The van der Waals surface area contributed by atoms with E-state index in [4.69, 9.17) is 18.9 Å². The lowest BCUT2D eigenvalue weighted by atomic mass is 9.92. The highest BCUT2D eigenvalue weighted by Crippen LogP contribution is 2.32. The monoisotopic (exact) mass is 718 g/mol. The summed E-state index contributed by atoms with van der Waals surface area (Å²) in [6, 6.07) is 18.9. The third kappa shape index (κ3) is 9.14. The molecule has 4 aromatic rings. The zero-order chi connectivity index (χ0) is 38.1. The van der Waals surface area contributed by atoms with Crippen LogP contribution in [-0.4, -0.2) is 80.8 Å². The SMILES string of the molecule is COc1nc(OCc2cccc(-c3cccc(COc4ccc(CN[C@@](C)(CO)C(=O)O)c(OC)n4)c3C)c2C)ccc1CN[C@@](C)(CO)C(=O)O. The van der Waals surface area contributed by atoms with Gasteiger partial charge in [-0.15, -0.1) is 0 Å². The molecule has 2 heterocycles. The number of nitrogens with zero attached hydrogens (tertiary/aromatic N) is 2. The highest BCUT2D eigenvalue weighted by molar-refractivity contribution is 5.79. The summed E-state index contributed by atoms with van der Waals surface area (Å²) in [6.07, 6.45) is 0. The summed E-state index contributed by atoms with van der Waals surface area (Å²) in [5, 5.41) is 43.6. The fraction of sp³-hybridized carbons (Fsp3) is 0.368. The summed E-state index contributed by atoms with van der Waals surface area (Å²) in [4.78, 5) is 32.0. The van der Waals surface area contributed by atoms with Gasteiger partial charge in [0.1, 0.15) is 24.3 Å². The number of nitrogens with one attached hydrogen (secondary N) is 2. The number of aromatic nitrogens is 2. The molecule has 0 spiro atoms. The van der Waals surface area contributed by atoms with Crippen LogP contribution < -0.4 is 29.6 Å². The van der Waals surface area contributed by atoms with Crippen LogP contribution in [0.2, 0.25) is 0 Å². The molecule has 0 unspecified atom stereocenters. The van der Waals surface area contributed by atoms with Gasteiger partial charge in [-0.05, 0) is 73.2 Å². The van der Waals surface area contributed by atoms with Gasteiger partial charge >= 0.3 is 11.9 Å². The number of aliphatic hydroxyl groups excluding tert-OH is 2. The number of benzene rings is 2. The van der Waals surface area contributed by atoms with E-state index in [0.29, 0.717) is 22.9 Å². The Hall–Kier alpha value is -5.28. The van der Waals surface area contributed by atoms with Crippen molar-refractivity contribution in [2.45, 2.75) is 65.1 Å². The Morgan fingerprint density at radius 1 is 0.635 bits per heavy atom. The van der Waals surface area contributed by atoms with E-state index < -0.39 is 36.2 Å². The first-order chi connectivity index (χ1) is 24.8. The molecule has 4 rings (SSSR count). The number of aliphatic carboxylic acids is 2. The number of ether oxygens (including phenoxy) is 4. The third-order valence-corrected chi connectivity index (χ3v) is 9.06. The van der Waals surface area contributed by atoms with Crippen molar-refractivity contribution in [1.82, 2.24) is 20.6 Å². The van der Waals surface area contributed by atoms with Crippen molar-refractivity contribution in [3.63, 3.8) is 0 Å². The lowest BCUT2D eigenvalue weighted by Gasteiger charge is -2.24. The van der Waals surface area contributed by atoms with Crippen LogP contribution in [0.1, 0.15) is 47.2 Å². The number of carbonyl (C=O) groups is 2. The van der Waals surface area contributed by atoms with E-state index in [1.165, 1.54) is 28.1 Å². The van der Waals surface area contributed by atoms with E-state index in [2.05, 4.69) is 32.7 Å². The second-order valence-corrected chi connectivity index (χ2v) is 12.7. The van der Waals surface area contributed by atoms with Crippen molar-refractivity contribution in [1.29, 1.82) is 0 Å². The van der Waals surface area contributed by atoms with Crippen molar-refractivity contribution in [2.75, 3.05) is 27.4 Å². The van der Waals surface area contributed by atoms with Crippen LogP contribution in [0.4, 0.5) is 0 Å². The molecule has 2 aromatic carbocycles. The second-order valence-electron chi connectivity index (χ2n) is 12.7. The van der Waals surface area contributed by atoms with Crippen LogP contribution in [0.15, 0.2) is 60.7 Å². The minimum atomic E-state index is -1.51. The Kier molecular flexibility index (Phi) is 13.1. The largest absolute Gasteiger partial charge is 0.481 e. The van der Waals surface area contributed by atoms with Crippen LogP contribution in [0.5, 0.6) is 23.5 Å². The maximum absolute atomic E-state index is 11.5. The van der Waals surface area contributed by atoms with Crippen molar-refractivity contribution in [3.8, 4) is 34.6 Å². The van der Waals surface area contributed by atoms with Gasteiger partial charge in [0, 0.05) is 36.3 Å². The van der Waals surface area contributed by atoms with Crippen LogP contribution in [0, 0.1) is 13.8 Å². The summed E-state index contributed by atoms with van der Waals surface area (Å²) < 4.78 is 23.0. The molecule has 278 valence electrons. The zero-order valence-electron chi connectivity index (χ0n) is 30.1. The van der Waals surface area contributed by atoms with E-state index in [1.807, 2.05) is 38.1 Å². The fourth-order valence-electron chi connectivity index (χ4n) is 5.23. The first-order valence-corrected chi connectivity index (χ1v) is 16.5. The summed E-state index contributed by atoms with van der Waals surface area (Å²) in [6.45, 7) is 6.41. The first kappa shape index (κ1) is 39.5. The molecule has 0 saturated heterocycles. The van der Waals surface area contributed by atoms with E-state index >= 15 is 0 Å². The predicted octanol–water partition coefficient (Wildman–Crippen LogP) is 3.79. The van der Waals surface area contributed by atoms with Crippen LogP contribution >= 0.6 is 0 Å². The Labute approximate surface area is 302 Å². The topological polar surface area (TPSA) is 202 Å². The van der Waals surface area contributed by atoms with Crippen LogP contribution in [0.25, 0.3) is 11.1 Å².